The van der Waals surface area contributed by atoms with Crippen LogP contribution >= 0.6 is 15.9 Å². The molecule has 2 rings (SSSR count). The van der Waals surface area contributed by atoms with Crippen molar-refractivity contribution in [2.45, 2.75) is 13.1 Å². The van der Waals surface area contributed by atoms with Gasteiger partial charge in [-0.2, -0.15) is 18.3 Å². The highest BCUT2D eigenvalue weighted by atomic mass is 79.9. The largest absolute Gasteiger partial charge is 0.464 e. The highest BCUT2D eigenvalue weighted by Gasteiger charge is 2.40. The molecule has 0 aliphatic carbocycles. The number of aromatic nitrogens is 3. The summed E-state index contributed by atoms with van der Waals surface area (Å²) in [5, 5.41) is 5.88. The smallest absolute Gasteiger partial charge is 0.420 e. The standard InChI is InChI=1S/C14H12BrF3N4O3/c1-6-9(14(16,17)18)11(22(2)21-6)12(23)20-8-5-4-7(15)10(19-8)13(24)25-3/h4-5H,1-3H3,(H,19,20,23). The zero-order valence-corrected chi connectivity index (χ0v) is 14.8. The molecule has 2 heterocycles. The highest BCUT2D eigenvalue weighted by molar-refractivity contribution is 9.10. The molecule has 0 aromatic carbocycles. The van der Waals surface area contributed by atoms with Crippen molar-refractivity contribution < 1.29 is 27.5 Å². The Kier molecular flexibility index (Phi) is 5.16. The van der Waals surface area contributed by atoms with Crippen LogP contribution in [0.25, 0.3) is 0 Å². The number of hydrogen-bond acceptors (Lipinski definition) is 5. The highest BCUT2D eigenvalue weighted by Crippen LogP contribution is 2.34. The van der Waals surface area contributed by atoms with Crippen LogP contribution in [0.4, 0.5) is 19.0 Å². The van der Waals surface area contributed by atoms with E-state index in [1.807, 2.05) is 0 Å². The minimum atomic E-state index is -4.74. The van der Waals surface area contributed by atoms with Gasteiger partial charge < -0.3 is 10.1 Å². The summed E-state index contributed by atoms with van der Waals surface area (Å²) in [4.78, 5) is 27.8. The van der Waals surface area contributed by atoms with E-state index in [0.29, 0.717) is 4.47 Å². The lowest BCUT2D eigenvalue weighted by molar-refractivity contribution is -0.138. The lowest BCUT2D eigenvalue weighted by atomic mass is 10.1. The number of halogens is 4. The summed E-state index contributed by atoms with van der Waals surface area (Å²) in [5.74, 6) is -1.93. The average Bonchev–Trinajstić information content (AvgIpc) is 2.82. The fourth-order valence-corrected chi connectivity index (χ4v) is 2.57. The van der Waals surface area contributed by atoms with Crippen LogP contribution in [0.1, 0.15) is 32.2 Å². The Morgan fingerprint density at radius 2 is 1.96 bits per heavy atom. The van der Waals surface area contributed by atoms with Crippen LogP contribution in [0.15, 0.2) is 16.6 Å². The Labute approximate surface area is 148 Å². The molecule has 0 saturated heterocycles. The minimum absolute atomic E-state index is 0.111. The zero-order chi connectivity index (χ0) is 18.9. The molecule has 25 heavy (non-hydrogen) atoms. The normalized spacial score (nSPS) is 11.3. The number of carbonyl (C=O) groups excluding carboxylic acids is 2. The predicted octanol–water partition coefficient (Wildman–Crippen LogP) is 2.94. The Morgan fingerprint density at radius 3 is 2.52 bits per heavy atom. The van der Waals surface area contributed by atoms with E-state index in [9.17, 15) is 22.8 Å². The number of anilines is 1. The van der Waals surface area contributed by atoms with Gasteiger partial charge in [-0.1, -0.05) is 0 Å². The molecule has 0 aliphatic heterocycles. The van der Waals surface area contributed by atoms with Crippen molar-refractivity contribution in [2.24, 2.45) is 7.05 Å². The Bertz CT molecular complexity index is 849. The number of aryl methyl sites for hydroxylation is 2. The van der Waals surface area contributed by atoms with E-state index in [4.69, 9.17) is 0 Å². The third-order valence-electron chi connectivity index (χ3n) is 3.19. The molecule has 134 valence electrons. The number of rotatable bonds is 3. The second-order valence-corrected chi connectivity index (χ2v) is 5.76. The molecule has 2 aromatic rings. The number of nitrogens with zero attached hydrogens (tertiary/aromatic N) is 3. The maximum atomic E-state index is 13.2. The quantitative estimate of drug-likeness (QED) is 0.771. The molecule has 0 radical (unpaired) electrons. The van der Waals surface area contributed by atoms with Gasteiger partial charge >= 0.3 is 12.1 Å². The Morgan fingerprint density at radius 1 is 1.32 bits per heavy atom. The number of carbonyl (C=O) groups is 2. The number of alkyl halides is 3. The molecular weight excluding hydrogens is 409 g/mol. The maximum Gasteiger partial charge on any atom is 0.420 e. The number of pyridine rings is 1. The van der Waals surface area contributed by atoms with Crippen LogP contribution in [0.5, 0.6) is 0 Å². The van der Waals surface area contributed by atoms with Crippen molar-refractivity contribution in [1.82, 2.24) is 14.8 Å². The van der Waals surface area contributed by atoms with Crippen LogP contribution in [-0.4, -0.2) is 33.8 Å². The van der Waals surface area contributed by atoms with Crippen molar-refractivity contribution in [2.75, 3.05) is 12.4 Å². The second kappa shape index (κ2) is 6.82. The van der Waals surface area contributed by atoms with Crippen LogP contribution in [0, 0.1) is 6.92 Å². The Balaban J connectivity index is 2.41. The number of ether oxygens (including phenoxy) is 1. The molecule has 0 unspecified atom stereocenters. The van der Waals surface area contributed by atoms with Crippen molar-refractivity contribution in [3.63, 3.8) is 0 Å². The van der Waals surface area contributed by atoms with Gasteiger partial charge in [0, 0.05) is 7.05 Å². The van der Waals surface area contributed by atoms with Crippen LogP contribution in [0.2, 0.25) is 0 Å². The fourth-order valence-electron chi connectivity index (χ4n) is 2.19. The van der Waals surface area contributed by atoms with Gasteiger partial charge in [0.1, 0.15) is 17.1 Å². The number of hydrogen-bond donors (Lipinski definition) is 1. The summed E-state index contributed by atoms with van der Waals surface area (Å²) in [5.41, 5.74) is -2.23. The maximum absolute atomic E-state index is 13.2. The SMILES string of the molecule is COC(=O)c1nc(NC(=O)c2c(C(F)(F)F)c(C)nn2C)ccc1Br. The average molecular weight is 421 g/mol. The fraction of sp³-hybridized carbons (Fsp3) is 0.286. The van der Waals surface area contributed by atoms with E-state index in [2.05, 4.69) is 36.1 Å². The summed E-state index contributed by atoms with van der Waals surface area (Å²) in [7, 11) is 2.38. The van der Waals surface area contributed by atoms with E-state index in [1.54, 1.807) is 0 Å². The van der Waals surface area contributed by atoms with Crippen molar-refractivity contribution in [3.8, 4) is 0 Å². The molecule has 11 heteroatoms. The summed E-state index contributed by atoms with van der Waals surface area (Å²) < 4.78 is 45.2. The molecular formula is C14H12BrF3N4O3. The number of esters is 1. The first kappa shape index (κ1) is 18.9. The third kappa shape index (κ3) is 3.81. The predicted molar refractivity (Wildman–Crippen MR) is 84.2 cm³/mol. The van der Waals surface area contributed by atoms with Gasteiger partial charge in [-0.05, 0) is 35.0 Å². The molecule has 0 aliphatic rings. The molecule has 1 amide bonds. The van der Waals surface area contributed by atoms with E-state index < -0.39 is 29.3 Å². The van der Waals surface area contributed by atoms with Gasteiger partial charge in [0.05, 0.1) is 17.3 Å². The van der Waals surface area contributed by atoms with E-state index in [-0.39, 0.29) is 17.2 Å². The molecule has 2 aromatic heterocycles. The molecule has 1 N–H and O–H groups in total. The first-order valence-electron chi connectivity index (χ1n) is 6.73. The number of methoxy groups -OCH3 is 1. The molecule has 0 spiro atoms. The summed E-state index contributed by atoms with van der Waals surface area (Å²) >= 11 is 3.10. The summed E-state index contributed by atoms with van der Waals surface area (Å²) in [6.07, 6.45) is -4.74. The van der Waals surface area contributed by atoms with Crippen molar-refractivity contribution in [3.05, 3.63) is 39.3 Å². The van der Waals surface area contributed by atoms with Gasteiger partial charge in [0.15, 0.2) is 5.69 Å². The van der Waals surface area contributed by atoms with Gasteiger partial charge in [0.25, 0.3) is 5.91 Å². The van der Waals surface area contributed by atoms with Gasteiger partial charge in [-0.3, -0.25) is 9.48 Å². The van der Waals surface area contributed by atoms with Crippen molar-refractivity contribution in [1.29, 1.82) is 0 Å². The topological polar surface area (TPSA) is 86.1 Å². The molecule has 0 atom stereocenters. The van der Waals surface area contributed by atoms with Gasteiger partial charge in [0.2, 0.25) is 0 Å². The van der Waals surface area contributed by atoms with Gasteiger partial charge in [-0.15, -0.1) is 0 Å². The number of amides is 1. The molecule has 0 bridgehead atoms. The molecule has 7 nitrogen and oxygen atoms in total. The number of nitrogens with one attached hydrogen (secondary N) is 1. The summed E-state index contributed by atoms with van der Waals surface area (Å²) in [6, 6.07) is 2.74. The first-order chi connectivity index (χ1) is 11.6. The van der Waals surface area contributed by atoms with Crippen LogP contribution in [0.3, 0.4) is 0 Å². The Hall–Kier alpha value is -2.43. The van der Waals surface area contributed by atoms with Gasteiger partial charge in [-0.25, -0.2) is 9.78 Å². The lowest BCUT2D eigenvalue weighted by Crippen LogP contribution is -2.22. The van der Waals surface area contributed by atoms with E-state index in [1.165, 1.54) is 19.2 Å². The van der Waals surface area contributed by atoms with Crippen LogP contribution < -0.4 is 5.32 Å². The zero-order valence-electron chi connectivity index (χ0n) is 13.2. The molecule has 0 saturated carbocycles. The van der Waals surface area contributed by atoms with Crippen molar-refractivity contribution >= 4 is 33.6 Å². The second-order valence-electron chi connectivity index (χ2n) is 4.90. The van der Waals surface area contributed by atoms with E-state index >= 15 is 0 Å². The van der Waals surface area contributed by atoms with Crippen LogP contribution in [-0.2, 0) is 18.0 Å². The molecule has 0 fully saturated rings. The minimum Gasteiger partial charge on any atom is -0.464 e. The monoisotopic (exact) mass is 420 g/mol. The third-order valence-corrected chi connectivity index (χ3v) is 3.83. The summed E-state index contributed by atoms with van der Waals surface area (Å²) in [6.45, 7) is 1.16. The first-order valence-corrected chi connectivity index (χ1v) is 7.52. The van der Waals surface area contributed by atoms with E-state index in [0.717, 1.165) is 18.7 Å². The lowest BCUT2D eigenvalue weighted by Gasteiger charge is -2.11.